The van der Waals surface area contributed by atoms with Crippen LogP contribution in [0.15, 0.2) is 102 Å². The summed E-state index contributed by atoms with van der Waals surface area (Å²) >= 11 is 0. The van der Waals surface area contributed by atoms with Crippen LogP contribution in [0.25, 0.3) is 0 Å². The maximum atomic E-state index is 15.5. The summed E-state index contributed by atoms with van der Waals surface area (Å²) in [5.74, 6) is -6.84. The third-order valence-electron chi connectivity index (χ3n) is 13.5. The second-order valence-electron chi connectivity index (χ2n) is 17.4. The first-order chi connectivity index (χ1) is 29.3. The van der Waals surface area contributed by atoms with Gasteiger partial charge < -0.3 is 44.3 Å². The minimum absolute atomic E-state index is 0.00289. The van der Waals surface area contributed by atoms with E-state index in [0.29, 0.717) is 5.56 Å². The number of carbonyl (C=O) groups is 6. The number of Topliss-reactive ketones (excluding diaryl/α,β-unsaturated/α-hetero) is 1. The van der Waals surface area contributed by atoms with Gasteiger partial charge in [0.2, 0.25) is 0 Å². The fraction of sp³-hybridized carbons (Fsp3) is 0.447. The molecule has 3 aliphatic carbocycles. The maximum absolute atomic E-state index is 15.5. The molecular formula is C47H51NO14. The minimum atomic E-state index is -2.39. The van der Waals surface area contributed by atoms with Crippen molar-refractivity contribution < 1.29 is 67.8 Å². The van der Waals surface area contributed by atoms with Crippen molar-refractivity contribution >= 4 is 35.6 Å². The van der Waals surface area contributed by atoms with Crippen LogP contribution in [0.2, 0.25) is 0 Å². The third-order valence-corrected chi connectivity index (χ3v) is 13.5. The lowest BCUT2D eigenvalue weighted by molar-refractivity contribution is -0.346. The molecule has 15 nitrogen and oxygen atoms in total. The number of benzene rings is 3. The molecule has 2 saturated carbocycles. The Hall–Kier alpha value is -5.74. The van der Waals surface area contributed by atoms with Crippen molar-refractivity contribution in [2.45, 2.75) is 108 Å². The van der Waals surface area contributed by atoms with Crippen molar-refractivity contribution in [1.82, 2.24) is 5.32 Å². The van der Waals surface area contributed by atoms with Crippen LogP contribution in [0, 0.1) is 16.7 Å². The SMILES string of the molecule is CC(=O)OC1C(=O)[C@@]2(C)C([C@H](OC(=O)c3ccccc3)[C@]3(O)C[C@H](OC(=O)[C@@H](O)[C@@H](NC(=O)c4ccccc4)c4ccccc4)C(C)=C1C3(C)C)[C@]1(OC(C)=O)CO[C@@H]1C[C@@H]2O. The highest BCUT2D eigenvalue weighted by Gasteiger charge is 2.78. The van der Waals surface area contributed by atoms with E-state index in [9.17, 15) is 39.3 Å². The summed E-state index contributed by atoms with van der Waals surface area (Å²) in [7, 11) is 0. The highest BCUT2D eigenvalue weighted by molar-refractivity contribution is 5.96. The molecule has 7 rings (SSSR count). The number of esters is 4. The number of rotatable bonds is 10. The first-order valence-corrected chi connectivity index (χ1v) is 20.5. The van der Waals surface area contributed by atoms with E-state index in [0.717, 1.165) is 13.8 Å². The van der Waals surface area contributed by atoms with E-state index in [-0.39, 0.29) is 35.3 Å². The lowest BCUT2D eigenvalue weighted by atomic mass is 9.44. The van der Waals surface area contributed by atoms with Gasteiger partial charge in [-0.1, -0.05) is 80.6 Å². The molecule has 3 aromatic carbocycles. The molecule has 0 spiro atoms. The Morgan fingerprint density at radius 3 is 1.95 bits per heavy atom. The van der Waals surface area contributed by atoms with Gasteiger partial charge in [0.1, 0.15) is 23.9 Å². The zero-order valence-corrected chi connectivity index (χ0v) is 35.2. The van der Waals surface area contributed by atoms with Crippen LogP contribution in [-0.4, -0.2) is 105 Å². The number of aliphatic hydroxyl groups is 3. The standard InChI is InChI=1S/C47H51NO14/c1-25-31(60-43(56)36(52)35(28-16-10-7-11-17-28)48-41(54)29-18-12-8-13-19-29)23-47(57)40(61-42(55)30-20-14-9-15-21-30)38-45(6,32(51)22-33-46(38,24-58-33)62-27(3)50)39(53)37(59-26(2)49)34(25)44(47,4)5/h7-21,31-33,35-38,40,51-52,57H,22-24H2,1-6H3,(H,48,54)/t31-,32-,33+,35-,36-,37?,38?,40-,45+,46-,47+/m0/s1. The smallest absolute Gasteiger partial charge is 0.338 e. The molecule has 3 fully saturated rings. The first kappa shape index (κ1) is 44.3. The topological polar surface area (TPSA) is 221 Å². The van der Waals surface area contributed by atoms with E-state index in [1.807, 2.05) is 0 Å². The van der Waals surface area contributed by atoms with Gasteiger partial charge in [-0.25, -0.2) is 9.59 Å². The van der Waals surface area contributed by atoms with Gasteiger partial charge in [0.15, 0.2) is 23.6 Å². The quantitative estimate of drug-likeness (QED) is 0.130. The van der Waals surface area contributed by atoms with Crippen molar-refractivity contribution in [2.75, 3.05) is 6.61 Å². The third kappa shape index (κ3) is 7.29. The zero-order chi connectivity index (χ0) is 44.9. The van der Waals surface area contributed by atoms with Gasteiger partial charge >= 0.3 is 23.9 Å². The molecule has 0 aromatic heterocycles. The average Bonchev–Trinajstić information content (AvgIpc) is 3.24. The Labute approximate surface area is 358 Å². The Morgan fingerprint density at radius 1 is 0.823 bits per heavy atom. The lowest BCUT2D eigenvalue weighted by Crippen LogP contribution is -2.82. The summed E-state index contributed by atoms with van der Waals surface area (Å²) < 4.78 is 30.3. The summed E-state index contributed by atoms with van der Waals surface area (Å²) in [5, 5.41) is 40.2. The Bertz CT molecular complexity index is 2280. The number of aliphatic hydroxyl groups excluding tert-OH is 2. The average molecular weight is 854 g/mol. The predicted molar refractivity (Wildman–Crippen MR) is 218 cm³/mol. The van der Waals surface area contributed by atoms with Crippen molar-refractivity contribution in [3.8, 4) is 0 Å². The lowest BCUT2D eigenvalue weighted by Gasteiger charge is -2.67. The monoisotopic (exact) mass is 853 g/mol. The van der Waals surface area contributed by atoms with Crippen molar-refractivity contribution in [1.29, 1.82) is 0 Å². The van der Waals surface area contributed by atoms with Crippen LogP contribution in [-0.2, 0) is 42.9 Å². The summed E-state index contributed by atoms with van der Waals surface area (Å²) in [6, 6.07) is 22.9. The second-order valence-corrected chi connectivity index (χ2v) is 17.4. The molecule has 62 heavy (non-hydrogen) atoms. The van der Waals surface area contributed by atoms with E-state index in [1.54, 1.807) is 92.7 Å². The molecule has 328 valence electrons. The van der Waals surface area contributed by atoms with Gasteiger partial charge in [-0.2, -0.15) is 0 Å². The second kappa shape index (κ2) is 16.5. The van der Waals surface area contributed by atoms with E-state index in [2.05, 4.69) is 5.32 Å². The molecular weight excluding hydrogens is 803 g/mol. The number of ether oxygens (including phenoxy) is 5. The molecule has 1 amide bonds. The van der Waals surface area contributed by atoms with Crippen LogP contribution in [0.4, 0.5) is 0 Å². The molecule has 2 bridgehead atoms. The molecule has 15 heteroatoms. The molecule has 1 aliphatic heterocycles. The Morgan fingerprint density at radius 2 is 1.40 bits per heavy atom. The number of carbonyl (C=O) groups excluding carboxylic acids is 6. The fourth-order valence-electron chi connectivity index (χ4n) is 10.2. The highest BCUT2D eigenvalue weighted by atomic mass is 16.6. The van der Waals surface area contributed by atoms with E-state index in [1.165, 1.54) is 26.0 Å². The summed E-state index contributed by atoms with van der Waals surface area (Å²) in [6.07, 6.45) is -10.5. The number of nitrogens with one attached hydrogen (secondary N) is 1. The predicted octanol–water partition coefficient (Wildman–Crippen LogP) is 3.74. The fourth-order valence-corrected chi connectivity index (χ4v) is 10.2. The number of hydrogen-bond donors (Lipinski definition) is 4. The first-order valence-electron chi connectivity index (χ1n) is 20.5. The Kier molecular flexibility index (Phi) is 11.8. The minimum Gasteiger partial charge on any atom is -0.456 e. The van der Waals surface area contributed by atoms with E-state index in [4.69, 9.17) is 23.7 Å². The summed E-state index contributed by atoms with van der Waals surface area (Å²) in [4.78, 5) is 83.5. The van der Waals surface area contributed by atoms with Crippen molar-refractivity contribution in [3.63, 3.8) is 0 Å². The normalized spacial score (nSPS) is 31.9. The molecule has 11 atom stereocenters. The number of ketones is 1. The molecule has 3 aromatic rings. The van der Waals surface area contributed by atoms with E-state index < -0.39 is 113 Å². The van der Waals surface area contributed by atoms with Gasteiger partial charge in [0.05, 0.1) is 35.6 Å². The van der Waals surface area contributed by atoms with Gasteiger partial charge in [-0.05, 0) is 54.8 Å². The molecule has 1 saturated heterocycles. The maximum Gasteiger partial charge on any atom is 0.338 e. The van der Waals surface area contributed by atoms with Crippen LogP contribution in [0.5, 0.6) is 0 Å². The zero-order valence-electron chi connectivity index (χ0n) is 35.2. The van der Waals surface area contributed by atoms with Crippen molar-refractivity contribution in [3.05, 3.63) is 119 Å². The number of hydrogen-bond acceptors (Lipinski definition) is 14. The number of fused-ring (bicyclic) bond motifs is 5. The van der Waals surface area contributed by atoms with Gasteiger partial charge in [-0.3, -0.25) is 19.2 Å². The van der Waals surface area contributed by atoms with Crippen molar-refractivity contribution in [2.24, 2.45) is 16.7 Å². The van der Waals surface area contributed by atoms with Crippen LogP contribution >= 0.6 is 0 Å². The van der Waals surface area contributed by atoms with Gasteiger partial charge in [0.25, 0.3) is 5.91 Å². The van der Waals surface area contributed by atoms with Crippen LogP contribution in [0.3, 0.4) is 0 Å². The highest BCUT2D eigenvalue weighted by Crippen LogP contribution is 2.64. The van der Waals surface area contributed by atoms with Gasteiger partial charge in [0, 0.05) is 37.7 Å². The van der Waals surface area contributed by atoms with E-state index >= 15 is 4.79 Å². The summed E-state index contributed by atoms with van der Waals surface area (Å²) in [6.45, 7) is 7.97. The molecule has 4 N–H and O–H groups in total. The van der Waals surface area contributed by atoms with Crippen LogP contribution in [0.1, 0.15) is 86.7 Å². The number of amides is 1. The van der Waals surface area contributed by atoms with Crippen LogP contribution < -0.4 is 5.32 Å². The van der Waals surface area contributed by atoms with Gasteiger partial charge in [-0.15, -0.1) is 0 Å². The molecule has 2 unspecified atom stereocenters. The molecule has 0 radical (unpaired) electrons. The summed E-state index contributed by atoms with van der Waals surface area (Å²) in [5.41, 5.74) is -7.02. The molecule has 1 heterocycles. The molecule has 4 aliphatic rings. The largest absolute Gasteiger partial charge is 0.456 e. The Balaban J connectivity index is 1.39.